The van der Waals surface area contributed by atoms with E-state index in [0.29, 0.717) is 52.3 Å². The second-order valence-electron chi connectivity index (χ2n) is 11.9. The van der Waals surface area contributed by atoms with Crippen molar-refractivity contribution < 1.29 is 22.7 Å². The maximum Gasteiger partial charge on any atom is 0.244 e. The number of amides is 1. The molecule has 0 radical (unpaired) electrons. The second kappa shape index (κ2) is 15.2. The Hall–Kier alpha value is -4.09. The lowest BCUT2D eigenvalue weighted by molar-refractivity contribution is -0.115. The number of hydrazine groups is 1. The smallest absolute Gasteiger partial charge is 0.244 e. The zero-order chi connectivity index (χ0) is 33.6. The van der Waals surface area contributed by atoms with Crippen molar-refractivity contribution in [2.75, 3.05) is 31.1 Å². The highest BCUT2D eigenvalue weighted by Gasteiger charge is 2.33. The van der Waals surface area contributed by atoms with Crippen LogP contribution in [0.1, 0.15) is 42.5 Å². The Bertz CT molecular complexity index is 1750. The maximum absolute atomic E-state index is 14.8. The van der Waals surface area contributed by atoms with Gasteiger partial charge in [0.2, 0.25) is 15.9 Å². The fraction of sp³-hybridized carbons (Fsp3) is 0.306. The van der Waals surface area contributed by atoms with E-state index in [4.69, 9.17) is 21.1 Å². The summed E-state index contributed by atoms with van der Waals surface area (Å²) in [6.45, 7) is 5.57. The summed E-state index contributed by atoms with van der Waals surface area (Å²) in [6.07, 6.45) is 0.952. The van der Waals surface area contributed by atoms with Crippen LogP contribution in [0.3, 0.4) is 0 Å². The van der Waals surface area contributed by atoms with Crippen molar-refractivity contribution in [2.24, 2.45) is 5.92 Å². The Balaban J connectivity index is 1.54. The summed E-state index contributed by atoms with van der Waals surface area (Å²) in [4.78, 5) is 13.4. The molecule has 11 heteroatoms. The van der Waals surface area contributed by atoms with Crippen molar-refractivity contribution in [1.29, 1.82) is 0 Å². The number of methoxy groups -OCH3 is 2. The summed E-state index contributed by atoms with van der Waals surface area (Å²) in [6, 6.07) is 25.3. The number of anilines is 2. The molecule has 9 nitrogen and oxygen atoms in total. The van der Waals surface area contributed by atoms with E-state index in [1.807, 2.05) is 71.7 Å². The molecule has 0 bridgehead atoms. The molecule has 47 heavy (non-hydrogen) atoms. The van der Waals surface area contributed by atoms with Gasteiger partial charge < -0.3 is 19.8 Å². The highest BCUT2D eigenvalue weighted by Crippen LogP contribution is 2.37. The van der Waals surface area contributed by atoms with Crippen LogP contribution in [0.15, 0.2) is 89.8 Å². The average Bonchev–Trinajstić information content (AvgIpc) is 3.47. The average molecular weight is 677 g/mol. The third kappa shape index (κ3) is 8.44. The summed E-state index contributed by atoms with van der Waals surface area (Å²) >= 11 is 6.32. The van der Waals surface area contributed by atoms with E-state index >= 15 is 0 Å². The SMILES string of the molecule is COc1ccc(CN(Cc2ccc(OC)cc2)S(=O)(=O)c2cc(NC(=O)Cc3ccccc3Cl)cc3c2CNN3CCC(C)C)cc1. The molecule has 0 fully saturated rings. The largest absolute Gasteiger partial charge is 0.497 e. The number of benzene rings is 4. The molecule has 0 aliphatic carbocycles. The number of fused-ring (bicyclic) bond motifs is 1. The second-order valence-corrected chi connectivity index (χ2v) is 14.2. The molecule has 4 aromatic carbocycles. The predicted molar refractivity (Wildman–Crippen MR) is 186 cm³/mol. The van der Waals surface area contributed by atoms with Gasteiger partial charge in [-0.15, -0.1) is 0 Å². The van der Waals surface area contributed by atoms with Gasteiger partial charge in [0, 0.05) is 42.5 Å². The van der Waals surface area contributed by atoms with Gasteiger partial charge in [-0.05, 0) is 71.5 Å². The Morgan fingerprint density at radius 3 is 2.09 bits per heavy atom. The van der Waals surface area contributed by atoms with Gasteiger partial charge in [0.25, 0.3) is 0 Å². The summed E-state index contributed by atoms with van der Waals surface area (Å²) in [5.41, 5.74) is 7.46. The number of ether oxygens (including phenoxy) is 2. The number of nitrogens with zero attached hydrogens (tertiary/aromatic N) is 2. The molecule has 1 aliphatic heterocycles. The lowest BCUT2D eigenvalue weighted by atomic mass is 10.1. The molecule has 0 aromatic heterocycles. The van der Waals surface area contributed by atoms with Gasteiger partial charge in [-0.1, -0.05) is 67.9 Å². The molecule has 0 saturated carbocycles. The van der Waals surface area contributed by atoms with Gasteiger partial charge in [0.05, 0.1) is 31.2 Å². The van der Waals surface area contributed by atoms with Gasteiger partial charge in [0.1, 0.15) is 11.5 Å². The quantitative estimate of drug-likeness (QED) is 0.152. The number of hydrogen-bond donors (Lipinski definition) is 2. The Morgan fingerprint density at radius 2 is 1.53 bits per heavy atom. The fourth-order valence-electron chi connectivity index (χ4n) is 5.45. The van der Waals surface area contributed by atoms with Gasteiger partial charge in [-0.25, -0.2) is 13.8 Å². The van der Waals surface area contributed by atoms with Crippen LogP contribution >= 0.6 is 11.6 Å². The summed E-state index contributed by atoms with van der Waals surface area (Å²) in [5.74, 6) is 1.52. The topological polar surface area (TPSA) is 100 Å². The number of rotatable bonds is 14. The summed E-state index contributed by atoms with van der Waals surface area (Å²) in [5, 5.41) is 5.42. The van der Waals surface area contributed by atoms with Gasteiger partial charge in [0.15, 0.2) is 0 Å². The van der Waals surface area contributed by atoms with Crippen LogP contribution < -0.4 is 25.2 Å². The standard InChI is InChI=1S/C36H41ClN4O5S/c1-25(2)17-18-41-34-20-29(39-36(42)19-28-7-5-6-8-33(28)37)21-35(32(34)22-38-41)47(43,44)40(23-26-9-13-30(45-3)14-10-26)24-27-11-15-31(46-4)16-12-27/h5-16,20-21,25,38H,17-19,22-24H2,1-4H3,(H,39,42). The predicted octanol–water partition coefficient (Wildman–Crippen LogP) is 6.80. The van der Waals surface area contributed by atoms with Crippen molar-refractivity contribution >= 4 is 38.9 Å². The first-order valence-corrected chi connectivity index (χ1v) is 17.4. The zero-order valence-corrected chi connectivity index (χ0v) is 28.7. The summed E-state index contributed by atoms with van der Waals surface area (Å²) in [7, 11) is -0.917. The van der Waals surface area contributed by atoms with Gasteiger partial charge in [-0.3, -0.25) is 4.79 Å². The lowest BCUT2D eigenvalue weighted by Crippen LogP contribution is -2.33. The van der Waals surface area contributed by atoms with Crippen molar-refractivity contribution in [3.8, 4) is 11.5 Å². The van der Waals surface area contributed by atoms with Gasteiger partial charge >= 0.3 is 0 Å². The molecule has 0 saturated heterocycles. The number of carbonyl (C=O) groups excluding carboxylic acids is 1. The molecular weight excluding hydrogens is 636 g/mol. The summed E-state index contributed by atoms with van der Waals surface area (Å²) < 4.78 is 41.7. The maximum atomic E-state index is 14.8. The van der Waals surface area contributed by atoms with Crippen LogP contribution in [0, 0.1) is 5.92 Å². The van der Waals surface area contributed by atoms with E-state index in [1.165, 1.54) is 4.31 Å². The monoisotopic (exact) mass is 676 g/mol. The number of sulfonamides is 1. The van der Waals surface area contributed by atoms with Crippen LogP contribution in [-0.2, 0) is 40.9 Å². The highest BCUT2D eigenvalue weighted by atomic mass is 35.5. The van der Waals surface area contributed by atoms with Crippen LogP contribution in [0.4, 0.5) is 11.4 Å². The zero-order valence-electron chi connectivity index (χ0n) is 27.1. The molecule has 0 atom stereocenters. The van der Waals surface area contributed by atoms with Crippen molar-refractivity contribution in [2.45, 2.75) is 51.2 Å². The molecule has 4 aromatic rings. The Kier molecular flexibility index (Phi) is 11.1. The molecule has 5 rings (SSSR count). The van der Waals surface area contributed by atoms with E-state index in [-0.39, 0.29) is 30.3 Å². The van der Waals surface area contributed by atoms with Crippen molar-refractivity contribution in [3.63, 3.8) is 0 Å². The molecule has 1 heterocycles. The minimum Gasteiger partial charge on any atom is -0.497 e. The lowest BCUT2D eigenvalue weighted by Gasteiger charge is -2.25. The van der Waals surface area contributed by atoms with Gasteiger partial charge in [-0.2, -0.15) is 4.31 Å². The molecule has 1 aliphatic rings. The first kappa shape index (κ1) is 34.3. The number of hydrogen-bond acceptors (Lipinski definition) is 7. The molecular formula is C36H41ClN4O5S. The van der Waals surface area contributed by atoms with Crippen LogP contribution in [0.2, 0.25) is 5.02 Å². The highest BCUT2D eigenvalue weighted by molar-refractivity contribution is 7.89. The number of halogens is 1. The fourth-order valence-corrected chi connectivity index (χ4v) is 7.33. The Morgan fingerprint density at radius 1 is 0.936 bits per heavy atom. The van der Waals surface area contributed by atoms with E-state index in [0.717, 1.165) is 23.2 Å². The van der Waals surface area contributed by atoms with E-state index < -0.39 is 10.0 Å². The minimum atomic E-state index is -4.10. The van der Waals surface area contributed by atoms with Crippen LogP contribution in [-0.4, -0.2) is 39.4 Å². The van der Waals surface area contributed by atoms with Crippen LogP contribution in [0.25, 0.3) is 0 Å². The first-order valence-electron chi connectivity index (χ1n) is 15.5. The number of carbonyl (C=O) groups is 1. The molecule has 0 spiro atoms. The van der Waals surface area contributed by atoms with Crippen LogP contribution in [0.5, 0.6) is 11.5 Å². The third-order valence-electron chi connectivity index (χ3n) is 8.10. The molecule has 2 N–H and O–H groups in total. The van der Waals surface area contributed by atoms with E-state index in [2.05, 4.69) is 24.6 Å². The molecule has 248 valence electrons. The third-order valence-corrected chi connectivity index (χ3v) is 10.3. The van der Waals surface area contributed by atoms with Crippen molar-refractivity contribution in [1.82, 2.24) is 9.73 Å². The molecule has 0 unspecified atom stereocenters. The Labute approximate surface area is 282 Å². The van der Waals surface area contributed by atoms with E-state index in [1.54, 1.807) is 32.4 Å². The van der Waals surface area contributed by atoms with Crippen molar-refractivity contribution in [3.05, 3.63) is 112 Å². The first-order chi connectivity index (χ1) is 22.6. The normalized spacial score (nSPS) is 12.8. The molecule has 1 amide bonds. The minimum absolute atomic E-state index is 0.0508. The van der Waals surface area contributed by atoms with E-state index in [9.17, 15) is 13.2 Å². The number of nitrogens with one attached hydrogen (secondary N) is 2.